The summed E-state index contributed by atoms with van der Waals surface area (Å²) in [4.78, 5) is 11.3. The molecule has 4 bridgehead atoms. The number of amides is 1. The summed E-state index contributed by atoms with van der Waals surface area (Å²) in [6.07, 6.45) is 8.16. The van der Waals surface area contributed by atoms with Gasteiger partial charge in [-0.25, -0.2) is 0 Å². The Morgan fingerprint density at radius 1 is 0.846 bits per heavy atom. The molecule has 0 aromatic heterocycles. The molecule has 0 spiro atoms. The molecule has 0 saturated heterocycles. The number of rotatable bonds is 3. The lowest BCUT2D eigenvalue weighted by atomic mass is 9.42. The van der Waals surface area contributed by atoms with Crippen molar-refractivity contribution in [3.8, 4) is 0 Å². The summed E-state index contributed by atoms with van der Waals surface area (Å²) in [5, 5.41) is 2.90. The summed E-state index contributed by atoms with van der Waals surface area (Å²) in [6, 6.07) is 20.0. The fourth-order valence-corrected chi connectivity index (χ4v) is 6.84. The molecule has 0 radical (unpaired) electrons. The van der Waals surface area contributed by atoms with Crippen LogP contribution in [0.5, 0.6) is 0 Å². The van der Waals surface area contributed by atoms with Gasteiger partial charge in [-0.1, -0.05) is 42.5 Å². The number of benzene rings is 2. The Hall–Kier alpha value is -2.09. The standard InChI is InChI=1S/C24H27NO/c1-17(26)25-22-9-7-21(8-10-22)24-14-18-11-19(15-24)13-23(12-18,16-24)20-5-3-2-4-6-20/h2-10,18-19H,11-16H2,1H3,(H,25,26)/t18-,19-,23?,24?/m0/s1. The average molecular weight is 345 g/mol. The maximum atomic E-state index is 11.3. The maximum Gasteiger partial charge on any atom is 0.221 e. The van der Waals surface area contributed by atoms with Crippen LogP contribution in [-0.2, 0) is 15.6 Å². The molecule has 6 rings (SSSR count). The first-order chi connectivity index (χ1) is 12.6. The van der Waals surface area contributed by atoms with E-state index in [1.54, 1.807) is 12.5 Å². The van der Waals surface area contributed by atoms with Crippen LogP contribution in [0.15, 0.2) is 54.6 Å². The molecule has 1 amide bonds. The van der Waals surface area contributed by atoms with Crippen molar-refractivity contribution in [2.45, 2.75) is 56.3 Å². The van der Waals surface area contributed by atoms with Crippen LogP contribution in [0.4, 0.5) is 5.69 Å². The van der Waals surface area contributed by atoms with Crippen LogP contribution in [0, 0.1) is 11.8 Å². The summed E-state index contributed by atoms with van der Waals surface area (Å²) < 4.78 is 0. The zero-order valence-corrected chi connectivity index (χ0v) is 15.5. The number of carbonyl (C=O) groups excluding carboxylic acids is 1. The van der Waals surface area contributed by atoms with Gasteiger partial charge in [0.1, 0.15) is 0 Å². The van der Waals surface area contributed by atoms with E-state index in [4.69, 9.17) is 0 Å². The van der Waals surface area contributed by atoms with E-state index in [9.17, 15) is 4.79 Å². The zero-order valence-electron chi connectivity index (χ0n) is 15.5. The van der Waals surface area contributed by atoms with Gasteiger partial charge in [0.15, 0.2) is 0 Å². The molecule has 0 heterocycles. The van der Waals surface area contributed by atoms with Crippen LogP contribution in [-0.4, -0.2) is 5.91 Å². The highest BCUT2D eigenvalue weighted by atomic mass is 16.1. The summed E-state index contributed by atoms with van der Waals surface area (Å²) in [6.45, 7) is 1.57. The number of carbonyl (C=O) groups is 1. The van der Waals surface area contributed by atoms with E-state index in [1.165, 1.54) is 44.1 Å². The van der Waals surface area contributed by atoms with Crippen LogP contribution in [0.2, 0.25) is 0 Å². The van der Waals surface area contributed by atoms with Crippen molar-refractivity contribution in [2.75, 3.05) is 5.32 Å². The van der Waals surface area contributed by atoms with Crippen molar-refractivity contribution in [3.05, 3.63) is 65.7 Å². The molecule has 4 saturated carbocycles. The highest BCUT2D eigenvalue weighted by Crippen LogP contribution is 2.66. The Balaban J connectivity index is 1.52. The second-order valence-electron chi connectivity index (χ2n) is 9.15. The van der Waals surface area contributed by atoms with Gasteiger partial charge >= 0.3 is 0 Å². The van der Waals surface area contributed by atoms with Crippen LogP contribution >= 0.6 is 0 Å². The van der Waals surface area contributed by atoms with Gasteiger partial charge in [0.05, 0.1) is 0 Å². The third-order valence-corrected chi connectivity index (χ3v) is 7.26. The van der Waals surface area contributed by atoms with Gasteiger partial charge in [-0.05, 0) is 84.5 Å². The Kier molecular flexibility index (Phi) is 3.53. The molecule has 4 aliphatic carbocycles. The predicted molar refractivity (Wildman–Crippen MR) is 105 cm³/mol. The average Bonchev–Trinajstić information content (AvgIpc) is 2.61. The Morgan fingerprint density at radius 2 is 1.38 bits per heavy atom. The fourth-order valence-electron chi connectivity index (χ4n) is 6.84. The SMILES string of the molecule is CC(=O)Nc1ccc(C23C[C@H]4C[C@@H](CC(c5ccccc5)(C4)C2)C3)cc1. The second kappa shape index (κ2) is 5.70. The molecule has 2 aromatic carbocycles. The first kappa shape index (κ1) is 16.1. The largest absolute Gasteiger partial charge is 0.326 e. The molecule has 4 aliphatic rings. The maximum absolute atomic E-state index is 11.3. The summed E-state index contributed by atoms with van der Waals surface area (Å²) in [7, 11) is 0. The lowest BCUT2D eigenvalue weighted by molar-refractivity contribution is -0.114. The quantitative estimate of drug-likeness (QED) is 0.789. The number of anilines is 1. The molecule has 2 aromatic rings. The topological polar surface area (TPSA) is 29.1 Å². The number of nitrogens with one attached hydrogen (secondary N) is 1. The normalized spacial score (nSPS) is 34.7. The van der Waals surface area contributed by atoms with E-state index in [2.05, 4.69) is 59.9 Å². The Labute approximate surface area is 156 Å². The van der Waals surface area contributed by atoms with Gasteiger partial charge in [0, 0.05) is 12.6 Å². The van der Waals surface area contributed by atoms with Crippen LogP contribution in [0.1, 0.15) is 56.6 Å². The molecular weight excluding hydrogens is 318 g/mol. The molecule has 1 N–H and O–H groups in total. The van der Waals surface area contributed by atoms with Crippen molar-refractivity contribution in [3.63, 3.8) is 0 Å². The molecule has 0 aliphatic heterocycles. The Bertz CT molecular complexity index is 809. The highest BCUT2D eigenvalue weighted by molar-refractivity contribution is 5.88. The smallest absolute Gasteiger partial charge is 0.221 e. The zero-order chi connectivity index (χ0) is 17.8. The molecule has 2 atom stereocenters. The van der Waals surface area contributed by atoms with E-state index in [1.807, 2.05) is 0 Å². The molecule has 0 unspecified atom stereocenters. The summed E-state index contributed by atoms with van der Waals surface area (Å²) in [5.41, 5.74) is 4.66. The minimum absolute atomic E-state index is 0.00409. The molecule has 4 fully saturated rings. The lowest BCUT2D eigenvalue weighted by Gasteiger charge is -2.62. The highest BCUT2D eigenvalue weighted by Gasteiger charge is 2.58. The number of hydrogen-bond acceptors (Lipinski definition) is 1. The third kappa shape index (κ3) is 2.50. The van der Waals surface area contributed by atoms with Crippen molar-refractivity contribution in [1.29, 1.82) is 0 Å². The molecular formula is C24H27NO. The van der Waals surface area contributed by atoms with Gasteiger partial charge in [-0.3, -0.25) is 4.79 Å². The van der Waals surface area contributed by atoms with Gasteiger partial charge in [0.2, 0.25) is 5.91 Å². The third-order valence-electron chi connectivity index (χ3n) is 7.26. The van der Waals surface area contributed by atoms with Gasteiger partial charge in [0.25, 0.3) is 0 Å². The number of hydrogen-bond donors (Lipinski definition) is 1. The van der Waals surface area contributed by atoms with Crippen molar-refractivity contribution in [2.24, 2.45) is 11.8 Å². The van der Waals surface area contributed by atoms with Crippen LogP contribution in [0.3, 0.4) is 0 Å². The minimum Gasteiger partial charge on any atom is -0.326 e. The molecule has 2 nitrogen and oxygen atoms in total. The van der Waals surface area contributed by atoms with Crippen molar-refractivity contribution in [1.82, 2.24) is 0 Å². The predicted octanol–water partition coefficient (Wildman–Crippen LogP) is 5.43. The van der Waals surface area contributed by atoms with Crippen molar-refractivity contribution >= 4 is 11.6 Å². The van der Waals surface area contributed by atoms with Crippen LogP contribution in [0.25, 0.3) is 0 Å². The van der Waals surface area contributed by atoms with Gasteiger partial charge in [-0.15, -0.1) is 0 Å². The van der Waals surface area contributed by atoms with E-state index < -0.39 is 0 Å². The first-order valence-corrected chi connectivity index (χ1v) is 10.0. The summed E-state index contributed by atoms with van der Waals surface area (Å²) >= 11 is 0. The molecule has 2 heteroatoms. The van der Waals surface area contributed by atoms with E-state index in [0.717, 1.165) is 17.5 Å². The lowest BCUT2D eigenvalue weighted by Crippen LogP contribution is -2.55. The van der Waals surface area contributed by atoms with Gasteiger partial charge in [-0.2, -0.15) is 0 Å². The minimum atomic E-state index is -0.00409. The van der Waals surface area contributed by atoms with Crippen LogP contribution < -0.4 is 5.32 Å². The fraction of sp³-hybridized carbons (Fsp3) is 0.458. The van der Waals surface area contributed by atoms with Gasteiger partial charge < -0.3 is 5.32 Å². The molecule has 26 heavy (non-hydrogen) atoms. The first-order valence-electron chi connectivity index (χ1n) is 10.0. The van der Waals surface area contributed by atoms with Crippen molar-refractivity contribution < 1.29 is 4.79 Å². The van der Waals surface area contributed by atoms with E-state index >= 15 is 0 Å². The summed E-state index contributed by atoms with van der Waals surface area (Å²) in [5.74, 6) is 1.73. The Morgan fingerprint density at radius 3 is 1.92 bits per heavy atom. The van der Waals surface area contributed by atoms with E-state index in [0.29, 0.717) is 10.8 Å². The molecule has 134 valence electrons. The van der Waals surface area contributed by atoms with E-state index in [-0.39, 0.29) is 5.91 Å². The second-order valence-corrected chi connectivity index (χ2v) is 9.15. The monoisotopic (exact) mass is 345 g/mol.